The molecule has 1 aromatic rings. The number of carbonyl (C=O) groups excluding carboxylic acids is 1. The average Bonchev–Trinajstić information content (AvgIpc) is 2.85. The van der Waals surface area contributed by atoms with E-state index in [1.54, 1.807) is 0 Å². The smallest absolute Gasteiger partial charge is 0.254 e. The van der Waals surface area contributed by atoms with Crippen LogP contribution < -0.4 is 0 Å². The Kier molecular flexibility index (Phi) is 4.34. The van der Waals surface area contributed by atoms with Crippen LogP contribution in [0.15, 0.2) is 24.3 Å². The number of nitrogens with zero attached hydrogens (tertiary/aromatic N) is 1. The van der Waals surface area contributed by atoms with E-state index in [-0.39, 0.29) is 11.3 Å². The van der Waals surface area contributed by atoms with Gasteiger partial charge in [0, 0.05) is 23.5 Å². The van der Waals surface area contributed by atoms with Crippen LogP contribution >= 0.6 is 15.9 Å². The molecule has 0 bridgehead atoms. The third-order valence-electron chi connectivity index (χ3n) is 3.81. The molecule has 0 radical (unpaired) electrons. The SMILES string of the molecule is CC(C)(C)c1ccc(C(=O)N2CCC[C@H]2CBr)cc1. The lowest BCUT2D eigenvalue weighted by Gasteiger charge is -2.24. The van der Waals surface area contributed by atoms with E-state index in [1.165, 1.54) is 5.56 Å². The summed E-state index contributed by atoms with van der Waals surface area (Å²) >= 11 is 3.50. The van der Waals surface area contributed by atoms with Crippen LogP contribution in [0.4, 0.5) is 0 Å². The van der Waals surface area contributed by atoms with Crippen molar-refractivity contribution in [3.63, 3.8) is 0 Å². The van der Waals surface area contributed by atoms with Crippen LogP contribution in [0.2, 0.25) is 0 Å². The first-order valence-corrected chi connectivity index (χ1v) is 8.03. The van der Waals surface area contributed by atoms with Gasteiger partial charge in [0.25, 0.3) is 5.91 Å². The minimum atomic E-state index is 0.133. The van der Waals surface area contributed by atoms with Gasteiger partial charge in [-0.3, -0.25) is 4.79 Å². The van der Waals surface area contributed by atoms with Gasteiger partial charge in [0.05, 0.1) is 0 Å². The fourth-order valence-corrected chi connectivity index (χ4v) is 3.22. The Labute approximate surface area is 124 Å². The van der Waals surface area contributed by atoms with E-state index in [2.05, 4.69) is 48.8 Å². The van der Waals surface area contributed by atoms with E-state index in [4.69, 9.17) is 0 Å². The molecule has 1 amide bonds. The predicted molar refractivity (Wildman–Crippen MR) is 83.0 cm³/mol. The van der Waals surface area contributed by atoms with Crippen molar-refractivity contribution in [3.8, 4) is 0 Å². The first kappa shape index (κ1) is 14.6. The Bertz CT molecular complexity index is 447. The Morgan fingerprint density at radius 1 is 1.32 bits per heavy atom. The highest BCUT2D eigenvalue weighted by Gasteiger charge is 2.28. The fraction of sp³-hybridized carbons (Fsp3) is 0.562. The maximum Gasteiger partial charge on any atom is 0.254 e. The number of alkyl halides is 1. The second-order valence-corrected chi connectivity index (χ2v) is 6.92. The zero-order valence-electron chi connectivity index (χ0n) is 11.9. The highest BCUT2D eigenvalue weighted by Crippen LogP contribution is 2.25. The summed E-state index contributed by atoms with van der Waals surface area (Å²) in [5.74, 6) is 0.169. The van der Waals surface area contributed by atoms with Crippen LogP contribution in [0.1, 0.15) is 49.5 Å². The van der Waals surface area contributed by atoms with Gasteiger partial charge in [0.15, 0.2) is 0 Å². The molecular weight excluding hydrogens is 302 g/mol. The van der Waals surface area contributed by atoms with Crippen LogP contribution in [-0.2, 0) is 5.41 Å². The summed E-state index contributed by atoms with van der Waals surface area (Å²) in [6.07, 6.45) is 2.22. The molecule has 0 saturated carbocycles. The molecule has 1 atom stereocenters. The van der Waals surface area contributed by atoms with Crippen molar-refractivity contribution in [2.45, 2.75) is 45.1 Å². The van der Waals surface area contributed by atoms with Crippen LogP contribution in [0.5, 0.6) is 0 Å². The molecule has 1 fully saturated rings. The van der Waals surface area contributed by atoms with E-state index >= 15 is 0 Å². The van der Waals surface area contributed by atoms with Gasteiger partial charge < -0.3 is 4.90 Å². The first-order chi connectivity index (χ1) is 8.93. The molecule has 2 nitrogen and oxygen atoms in total. The number of hydrogen-bond acceptors (Lipinski definition) is 1. The van der Waals surface area contributed by atoms with Crippen LogP contribution in [0, 0.1) is 0 Å². The van der Waals surface area contributed by atoms with Crippen molar-refractivity contribution in [1.29, 1.82) is 0 Å². The summed E-state index contributed by atoms with van der Waals surface area (Å²) < 4.78 is 0. The summed E-state index contributed by atoms with van der Waals surface area (Å²) in [5, 5.41) is 0.874. The normalized spacial score (nSPS) is 19.8. The molecule has 1 aromatic carbocycles. The van der Waals surface area contributed by atoms with Gasteiger partial charge in [0.1, 0.15) is 0 Å². The number of benzene rings is 1. The van der Waals surface area contributed by atoms with E-state index < -0.39 is 0 Å². The molecule has 0 unspecified atom stereocenters. The Morgan fingerprint density at radius 3 is 2.47 bits per heavy atom. The summed E-state index contributed by atoms with van der Waals surface area (Å²) in [6.45, 7) is 7.44. The van der Waals surface area contributed by atoms with Gasteiger partial charge in [-0.25, -0.2) is 0 Å². The Morgan fingerprint density at radius 2 is 1.95 bits per heavy atom. The van der Waals surface area contributed by atoms with E-state index in [9.17, 15) is 4.79 Å². The molecule has 0 spiro atoms. The minimum Gasteiger partial charge on any atom is -0.335 e. The number of rotatable bonds is 2. The van der Waals surface area contributed by atoms with Crippen molar-refractivity contribution >= 4 is 21.8 Å². The molecule has 0 aromatic heterocycles. The molecule has 3 heteroatoms. The van der Waals surface area contributed by atoms with Gasteiger partial charge in [-0.1, -0.05) is 48.8 Å². The highest BCUT2D eigenvalue weighted by atomic mass is 79.9. The van der Waals surface area contributed by atoms with E-state index in [0.29, 0.717) is 6.04 Å². The zero-order valence-corrected chi connectivity index (χ0v) is 13.5. The fourth-order valence-electron chi connectivity index (χ4n) is 2.54. The van der Waals surface area contributed by atoms with Crippen molar-refractivity contribution in [1.82, 2.24) is 4.90 Å². The molecule has 0 N–H and O–H groups in total. The Hall–Kier alpha value is -0.830. The summed E-state index contributed by atoms with van der Waals surface area (Å²) in [7, 11) is 0. The lowest BCUT2D eigenvalue weighted by Crippen LogP contribution is -2.36. The number of halogens is 1. The summed E-state index contributed by atoms with van der Waals surface area (Å²) in [4.78, 5) is 14.5. The van der Waals surface area contributed by atoms with Gasteiger partial charge in [0.2, 0.25) is 0 Å². The lowest BCUT2D eigenvalue weighted by molar-refractivity contribution is 0.0750. The molecule has 1 aliphatic heterocycles. The lowest BCUT2D eigenvalue weighted by atomic mass is 9.86. The maximum atomic E-state index is 12.5. The van der Waals surface area contributed by atoms with E-state index in [1.807, 2.05) is 17.0 Å². The molecule has 1 heterocycles. The number of hydrogen-bond donors (Lipinski definition) is 0. The molecule has 1 saturated heterocycles. The molecule has 19 heavy (non-hydrogen) atoms. The topological polar surface area (TPSA) is 20.3 Å². The summed E-state index contributed by atoms with van der Waals surface area (Å²) in [5.41, 5.74) is 2.21. The molecular formula is C16H22BrNO. The number of carbonyl (C=O) groups is 1. The van der Waals surface area contributed by atoms with Crippen LogP contribution in [-0.4, -0.2) is 28.7 Å². The van der Waals surface area contributed by atoms with Gasteiger partial charge in [-0.15, -0.1) is 0 Å². The van der Waals surface area contributed by atoms with Crippen molar-refractivity contribution in [3.05, 3.63) is 35.4 Å². The first-order valence-electron chi connectivity index (χ1n) is 6.91. The van der Waals surface area contributed by atoms with Gasteiger partial charge >= 0.3 is 0 Å². The third kappa shape index (κ3) is 3.19. The molecule has 104 valence electrons. The summed E-state index contributed by atoms with van der Waals surface area (Å²) in [6, 6.07) is 8.44. The van der Waals surface area contributed by atoms with Crippen LogP contribution in [0.25, 0.3) is 0 Å². The maximum absolute atomic E-state index is 12.5. The quantitative estimate of drug-likeness (QED) is 0.754. The van der Waals surface area contributed by atoms with Gasteiger partial charge in [-0.05, 0) is 36.0 Å². The largest absolute Gasteiger partial charge is 0.335 e. The Balaban J connectivity index is 2.16. The average molecular weight is 324 g/mol. The van der Waals surface area contributed by atoms with Crippen molar-refractivity contribution < 1.29 is 4.79 Å². The zero-order chi connectivity index (χ0) is 14.0. The standard InChI is InChI=1S/C16H22BrNO/c1-16(2,3)13-8-6-12(7-9-13)15(19)18-10-4-5-14(18)11-17/h6-9,14H,4-5,10-11H2,1-3H3/t14-/m0/s1. The second kappa shape index (κ2) is 5.66. The van der Waals surface area contributed by atoms with Gasteiger partial charge in [-0.2, -0.15) is 0 Å². The number of likely N-dealkylation sites (tertiary alicyclic amines) is 1. The highest BCUT2D eigenvalue weighted by molar-refractivity contribution is 9.09. The van der Waals surface area contributed by atoms with Crippen molar-refractivity contribution in [2.75, 3.05) is 11.9 Å². The molecule has 0 aliphatic carbocycles. The third-order valence-corrected chi connectivity index (χ3v) is 4.56. The second-order valence-electron chi connectivity index (χ2n) is 6.28. The monoisotopic (exact) mass is 323 g/mol. The molecule has 2 rings (SSSR count). The molecule has 1 aliphatic rings. The van der Waals surface area contributed by atoms with E-state index in [0.717, 1.165) is 30.3 Å². The number of amides is 1. The van der Waals surface area contributed by atoms with Crippen LogP contribution in [0.3, 0.4) is 0 Å². The predicted octanol–water partition coefficient (Wildman–Crippen LogP) is 3.98. The van der Waals surface area contributed by atoms with Crippen molar-refractivity contribution in [2.24, 2.45) is 0 Å². The minimum absolute atomic E-state index is 0.133.